The summed E-state index contributed by atoms with van der Waals surface area (Å²) < 4.78 is 11.5. The summed E-state index contributed by atoms with van der Waals surface area (Å²) in [4.78, 5) is 118. The Hall–Kier alpha value is -6.30. The van der Waals surface area contributed by atoms with Gasteiger partial charge in [-0.2, -0.15) is 0 Å². The first kappa shape index (κ1) is 38.9. The summed E-state index contributed by atoms with van der Waals surface area (Å²) in [6.45, 7) is 3.61. The second-order valence-electron chi connectivity index (χ2n) is 11.6. The van der Waals surface area contributed by atoms with Gasteiger partial charge in [-0.05, 0) is 35.0 Å². The number of hydrogen-bond acceptors (Lipinski definition) is 16. The van der Waals surface area contributed by atoms with Gasteiger partial charge in [-0.1, -0.05) is 18.3 Å². The number of esters is 2. The van der Waals surface area contributed by atoms with Gasteiger partial charge in [-0.15, -0.1) is 16.9 Å². The Labute approximate surface area is 313 Å². The average molecular weight is 787 g/mol. The zero-order chi connectivity index (χ0) is 39.6. The number of nitrogens with one attached hydrogen (secondary N) is 2. The molecule has 5 rings (SSSR count). The van der Waals surface area contributed by atoms with Crippen LogP contribution in [0.25, 0.3) is 0 Å². The molecule has 0 spiro atoms. The number of ether oxygens (including phenoxy) is 2. The molecule has 0 radical (unpaired) electrons. The molecule has 2 saturated heterocycles. The lowest BCUT2D eigenvalue weighted by atomic mass is 9.93. The van der Waals surface area contributed by atoms with Crippen LogP contribution < -0.4 is 20.1 Å². The molecule has 4 heterocycles. The van der Waals surface area contributed by atoms with Crippen LogP contribution in [0.3, 0.4) is 0 Å². The average Bonchev–Trinajstić information content (AvgIpc) is 3.56. The van der Waals surface area contributed by atoms with Gasteiger partial charge in [0.1, 0.15) is 11.1 Å². The number of β-lactam (4-membered cyclic amide) rings is 1. The molecular weight excluding hydrogens is 757 g/mol. The summed E-state index contributed by atoms with van der Waals surface area (Å²) in [5, 5.41) is 25.9. The molecule has 284 valence electrons. The molecule has 22 nitrogen and oxygen atoms in total. The first-order valence-corrected chi connectivity index (χ1v) is 17.1. The number of fused-ring (bicyclic) bond motifs is 1. The molecule has 3 N–H and O–H groups in total. The van der Waals surface area contributed by atoms with Gasteiger partial charge in [-0.3, -0.25) is 43.3 Å². The molecule has 24 heteroatoms. The number of aliphatic carboxylic acids is 1. The van der Waals surface area contributed by atoms with E-state index in [4.69, 9.17) is 21.7 Å². The number of nitrogens with zero attached hydrogens (tertiary/aromatic N) is 8. The fourth-order valence-corrected chi connectivity index (χ4v) is 7.83. The molecule has 1 aromatic carbocycles. The summed E-state index contributed by atoms with van der Waals surface area (Å²) in [5.41, 5.74) is -3.10. The van der Waals surface area contributed by atoms with E-state index in [1.165, 1.54) is 22.7 Å². The first-order valence-electron chi connectivity index (χ1n) is 15.7. The number of rotatable bonds is 14. The van der Waals surface area contributed by atoms with E-state index in [0.29, 0.717) is 10.0 Å². The van der Waals surface area contributed by atoms with Gasteiger partial charge >= 0.3 is 29.7 Å². The Morgan fingerprint density at radius 3 is 2.37 bits per heavy atom. The Morgan fingerprint density at radius 2 is 1.80 bits per heavy atom. The zero-order valence-corrected chi connectivity index (χ0v) is 30.3. The SMILES string of the molecule is CCN1CCN(N(C=O)C(C(=O)N[C@]2(NC=O)C(=O)N3C(C(=O)O)=C(C(=S)c4nnnn4C)CS[C@H]32)c2ccc(OC(C)=O)c(OC(C)=O)c2)C(=O)C1=O. The number of hydrogen-bond donors (Lipinski definition) is 3. The van der Waals surface area contributed by atoms with E-state index in [-0.39, 0.29) is 71.5 Å². The summed E-state index contributed by atoms with van der Waals surface area (Å²) in [6.07, 6.45) is 0.170. The van der Waals surface area contributed by atoms with E-state index in [9.17, 15) is 48.3 Å². The van der Waals surface area contributed by atoms with Gasteiger partial charge in [-0.25, -0.2) is 19.5 Å². The van der Waals surface area contributed by atoms with Crippen molar-refractivity contribution in [3.05, 3.63) is 40.9 Å². The summed E-state index contributed by atoms with van der Waals surface area (Å²) in [5.74, 6) is -8.54. The third kappa shape index (κ3) is 6.82. The number of aromatic nitrogens is 4. The highest BCUT2D eigenvalue weighted by molar-refractivity contribution is 8.00. The quantitative estimate of drug-likeness (QED) is 0.0259. The molecule has 3 aliphatic heterocycles. The van der Waals surface area contributed by atoms with Crippen molar-refractivity contribution in [2.24, 2.45) is 7.05 Å². The van der Waals surface area contributed by atoms with E-state index >= 15 is 0 Å². The van der Waals surface area contributed by atoms with Gasteiger partial charge in [0.2, 0.25) is 18.5 Å². The molecule has 1 unspecified atom stereocenters. The smallest absolute Gasteiger partial charge is 0.353 e. The van der Waals surface area contributed by atoms with Crippen LogP contribution in [-0.2, 0) is 50.2 Å². The van der Waals surface area contributed by atoms with Gasteiger partial charge < -0.3 is 30.1 Å². The number of carbonyl (C=O) groups excluding carboxylic acids is 8. The standard InChI is InChI=1S/C30H30N10O12S2/c1-5-37-8-9-38(26(47)25(37)46)39(13-42)20(16-6-7-18(51-14(2)43)19(10-16)52-15(3)44)24(45)32-30(31-12-41)28(50)40-21(27(48)49)17(11-54-29(30)40)22(53)23-33-34-35-36(23)4/h6-7,10,12-13,20,29H,5,8-9,11H2,1-4H3,(H,31,41)(H,32,45)(H,48,49)/t20?,29-,30+/m0/s1. The van der Waals surface area contributed by atoms with Crippen LogP contribution >= 0.6 is 24.0 Å². The number of carboxylic acid groups (broad SMARTS) is 1. The van der Waals surface area contributed by atoms with Crippen LogP contribution in [0.15, 0.2) is 29.5 Å². The number of likely N-dealkylation sites (N-methyl/N-ethyl adjacent to an activating group) is 1. The molecule has 3 aliphatic rings. The van der Waals surface area contributed by atoms with Crippen LogP contribution in [-0.4, -0.2) is 141 Å². The molecule has 0 aliphatic carbocycles. The molecule has 2 aromatic rings. The largest absolute Gasteiger partial charge is 0.477 e. The number of amides is 6. The van der Waals surface area contributed by atoms with E-state index in [1.807, 2.05) is 0 Å². The Balaban J connectivity index is 1.59. The minimum absolute atomic E-state index is 0.00121. The third-order valence-electron chi connectivity index (χ3n) is 8.34. The summed E-state index contributed by atoms with van der Waals surface area (Å²) in [6, 6.07) is 1.42. The van der Waals surface area contributed by atoms with E-state index in [2.05, 4.69) is 26.2 Å². The molecule has 1 aromatic heterocycles. The second kappa shape index (κ2) is 15.4. The summed E-state index contributed by atoms with van der Waals surface area (Å²) in [7, 11) is 1.47. The van der Waals surface area contributed by atoms with Crippen molar-refractivity contribution in [1.29, 1.82) is 0 Å². The number of thioether (sulfide) groups is 1. The zero-order valence-electron chi connectivity index (χ0n) is 28.7. The van der Waals surface area contributed by atoms with Crippen LogP contribution in [0, 0.1) is 0 Å². The number of thiocarbonyl (C=S) groups is 1. The predicted molar refractivity (Wildman–Crippen MR) is 182 cm³/mol. The maximum atomic E-state index is 14.5. The van der Waals surface area contributed by atoms with Gasteiger partial charge in [0, 0.05) is 45.3 Å². The molecule has 0 bridgehead atoms. The molecule has 54 heavy (non-hydrogen) atoms. The van der Waals surface area contributed by atoms with Crippen molar-refractivity contribution in [2.75, 3.05) is 25.4 Å². The maximum Gasteiger partial charge on any atom is 0.353 e. The predicted octanol–water partition coefficient (Wildman–Crippen LogP) is -2.60. The number of aryl methyl sites for hydroxylation is 1. The van der Waals surface area contributed by atoms with Crippen molar-refractivity contribution < 1.29 is 57.7 Å². The topological polar surface area (TPSA) is 273 Å². The number of benzene rings is 1. The maximum absolute atomic E-state index is 14.5. The molecule has 3 atom stereocenters. The van der Waals surface area contributed by atoms with Crippen molar-refractivity contribution in [1.82, 2.24) is 50.7 Å². The molecular formula is C30H30N10O12S2. The molecule has 2 fully saturated rings. The van der Waals surface area contributed by atoms with E-state index in [0.717, 1.165) is 42.6 Å². The van der Waals surface area contributed by atoms with Crippen LogP contribution in [0.4, 0.5) is 0 Å². The first-order chi connectivity index (χ1) is 25.6. The fraction of sp³-hybridized carbons (Fsp3) is 0.367. The summed E-state index contributed by atoms with van der Waals surface area (Å²) >= 11 is 6.39. The highest BCUT2D eigenvalue weighted by atomic mass is 32.2. The van der Waals surface area contributed by atoms with Gasteiger partial charge in [0.25, 0.3) is 11.8 Å². The minimum Gasteiger partial charge on any atom is -0.477 e. The van der Waals surface area contributed by atoms with Crippen molar-refractivity contribution >= 4 is 83.2 Å². The van der Waals surface area contributed by atoms with Gasteiger partial charge in [0.15, 0.2) is 23.4 Å². The van der Waals surface area contributed by atoms with Crippen molar-refractivity contribution in [3.8, 4) is 11.5 Å². The number of carbonyl (C=O) groups is 9. The van der Waals surface area contributed by atoms with Gasteiger partial charge in [0.05, 0.1) is 11.4 Å². The Kier molecular flexibility index (Phi) is 11.1. The lowest BCUT2D eigenvalue weighted by Crippen LogP contribution is -2.85. The highest BCUT2D eigenvalue weighted by Gasteiger charge is 2.66. The fourth-order valence-electron chi connectivity index (χ4n) is 5.96. The Bertz CT molecular complexity index is 2040. The van der Waals surface area contributed by atoms with E-state index < -0.39 is 64.3 Å². The lowest BCUT2D eigenvalue weighted by molar-refractivity contribution is -0.178. The normalized spacial score (nSPS) is 20.0. The number of tetrazole rings is 1. The molecule has 0 saturated carbocycles. The van der Waals surface area contributed by atoms with Crippen LogP contribution in [0.2, 0.25) is 0 Å². The molecule has 6 amide bonds. The van der Waals surface area contributed by atoms with Crippen molar-refractivity contribution in [3.63, 3.8) is 0 Å². The van der Waals surface area contributed by atoms with Crippen LogP contribution in [0.1, 0.15) is 38.2 Å². The Morgan fingerprint density at radius 1 is 1.11 bits per heavy atom. The number of piperazine rings is 1. The highest BCUT2D eigenvalue weighted by Crippen LogP contribution is 2.46. The number of carboxylic acids is 1. The third-order valence-corrected chi connectivity index (χ3v) is 10.1. The van der Waals surface area contributed by atoms with Crippen LogP contribution in [0.5, 0.6) is 11.5 Å². The lowest BCUT2D eigenvalue weighted by Gasteiger charge is -2.56. The minimum atomic E-state index is -2.34. The van der Waals surface area contributed by atoms with E-state index in [1.54, 1.807) is 6.92 Å². The second-order valence-corrected chi connectivity index (χ2v) is 13.1. The number of hydrazine groups is 1. The monoisotopic (exact) mass is 786 g/mol. The van der Waals surface area contributed by atoms with Crippen molar-refractivity contribution in [2.45, 2.75) is 37.8 Å².